The minimum Gasteiger partial charge on any atom is -0.381 e. The van der Waals surface area contributed by atoms with Crippen LogP contribution in [0.2, 0.25) is 0 Å². The van der Waals surface area contributed by atoms with Gasteiger partial charge in [-0.25, -0.2) is 4.39 Å². The first kappa shape index (κ1) is 11.9. The van der Waals surface area contributed by atoms with Crippen molar-refractivity contribution in [1.29, 1.82) is 0 Å². The molecule has 0 bridgehead atoms. The predicted octanol–water partition coefficient (Wildman–Crippen LogP) is 4.15. The first-order valence-electron chi connectivity index (χ1n) is 6.01. The van der Waals surface area contributed by atoms with Crippen LogP contribution in [-0.2, 0) is 0 Å². The van der Waals surface area contributed by atoms with Crippen LogP contribution in [0.5, 0.6) is 0 Å². The van der Waals surface area contributed by atoms with Gasteiger partial charge in [0.25, 0.3) is 0 Å². The van der Waals surface area contributed by atoms with Gasteiger partial charge in [-0.15, -0.1) is 0 Å². The quantitative estimate of drug-likeness (QED) is 0.824. The van der Waals surface area contributed by atoms with Crippen LogP contribution in [0.4, 0.5) is 10.1 Å². The monoisotopic (exact) mass is 231 g/mol. The zero-order valence-corrected chi connectivity index (χ0v) is 10.3. The van der Waals surface area contributed by atoms with E-state index >= 15 is 0 Å². The lowest BCUT2D eigenvalue weighted by atomic mass is 9.92. The molecule has 1 aliphatic carbocycles. The van der Waals surface area contributed by atoms with E-state index < -0.39 is 0 Å². The molecule has 0 fully saturated rings. The molecule has 1 nitrogen and oxygen atoms in total. The van der Waals surface area contributed by atoms with Crippen molar-refractivity contribution in [1.82, 2.24) is 0 Å². The van der Waals surface area contributed by atoms with Crippen molar-refractivity contribution < 1.29 is 4.39 Å². The molecule has 2 heteroatoms. The van der Waals surface area contributed by atoms with Gasteiger partial charge in [0, 0.05) is 12.2 Å². The molecule has 1 aliphatic rings. The van der Waals surface area contributed by atoms with E-state index in [-0.39, 0.29) is 5.82 Å². The zero-order valence-electron chi connectivity index (χ0n) is 10.3. The number of hydrogen-bond donors (Lipinski definition) is 1. The minimum atomic E-state index is -0.201. The highest BCUT2D eigenvalue weighted by Gasteiger charge is 2.08. The van der Waals surface area contributed by atoms with E-state index in [9.17, 15) is 4.39 Å². The molecule has 90 valence electrons. The molecule has 0 aromatic heterocycles. The number of hydrogen-bond acceptors (Lipinski definition) is 1. The molecular weight excluding hydrogens is 213 g/mol. The van der Waals surface area contributed by atoms with Gasteiger partial charge in [0.15, 0.2) is 0 Å². The second kappa shape index (κ2) is 5.17. The summed E-state index contributed by atoms with van der Waals surface area (Å²) in [7, 11) is 0. The summed E-state index contributed by atoms with van der Waals surface area (Å²) < 4.78 is 13.0. The first-order chi connectivity index (χ1) is 8.13. The normalized spacial score (nSPS) is 19.6. The first-order valence-corrected chi connectivity index (χ1v) is 6.01. The largest absolute Gasteiger partial charge is 0.381 e. The Morgan fingerprint density at radius 3 is 2.94 bits per heavy atom. The van der Waals surface area contributed by atoms with Crippen molar-refractivity contribution in [3.8, 4) is 0 Å². The van der Waals surface area contributed by atoms with Gasteiger partial charge in [-0.2, -0.15) is 0 Å². The fraction of sp³-hybridized carbons (Fsp3) is 0.333. The Kier molecular flexibility index (Phi) is 3.62. The van der Waals surface area contributed by atoms with Gasteiger partial charge in [-0.3, -0.25) is 0 Å². The molecule has 1 atom stereocenters. The van der Waals surface area contributed by atoms with E-state index in [4.69, 9.17) is 0 Å². The molecule has 2 rings (SSSR count). The van der Waals surface area contributed by atoms with Gasteiger partial charge in [0.1, 0.15) is 5.82 Å². The molecule has 0 radical (unpaired) electrons. The van der Waals surface area contributed by atoms with Crippen LogP contribution in [0, 0.1) is 11.7 Å². The summed E-state index contributed by atoms with van der Waals surface area (Å²) >= 11 is 0. The average Bonchev–Trinajstić information content (AvgIpc) is 2.25. The Hall–Kier alpha value is -1.57. The minimum absolute atomic E-state index is 0.201. The Morgan fingerprint density at radius 2 is 2.24 bits per heavy atom. The van der Waals surface area contributed by atoms with Crippen molar-refractivity contribution in [3.05, 3.63) is 53.4 Å². The van der Waals surface area contributed by atoms with Crippen molar-refractivity contribution in [2.45, 2.75) is 20.3 Å². The molecule has 1 N–H and O–H groups in total. The maximum absolute atomic E-state index is 13.0. The van der Waals surface area contributed by atoms with E-state index in [1.807, 2.05) is 6.07 Å². The third-order valence-corrected chi connectivity index (χ3v) is 2.90. The summed E-state index contributed by atoms with van der Waals surface area (Å²) in [6.07, 6.45) is 5.63. The molecule has 0 spiro atoms. The van der Waals surface area contributed by atoms with Crippen LogP contribution < -0.4 is 5.32 Å². The van der Waals surface area contributed by atoms with Gasteiger partial charge in [-0.05, 0) is 43.0 Å². The number of allylic oxidation sites excluding steroid dienone is 2. The number of nitrogens with one attached hydrogen (secondary N) is 1. The highest BCUT2D eigenvalue weighted by molar-refractivity contribution is 5.45. The van der Waals surface area contributed by atoms with Gasteiger partial charge >= 0.3 is 0 Å². The molecule has 1 aromatic carbocycles. The topological polar surface area (TPSA) is 12.0 Å². The van der Waals surface area contributed by atoms with Gasteiger partial charge in [0.05, 0.1) is 0 Å². The summed E-state index contributed by atoms with van der Waals surface area (Å²) in [6.45, 7) is 5.13. The maximum atomic E-state index is 13.0. The average molecular weight is 231 g/mol. The molecule has 1 unspecified atom stereocenters. The Morgan fingerprint density at radius 1 is 1.41 bits per heavy atom. The van der Waals surface area contributed by atoms with Crippen LogP contribution in [0.25, 0.3) is 0 Å². The zero-order chi connectivity index (χ0) is 12.3. The van der Waals surface area contributed by atoms with Gasteiger partial charge < -0.3 is 5.32 Å². The van der Waals surface area contributed by atoms with Gasteiger partial charge in [0.2, 0.25) is 0 Å². The number of rotatable bonds is 3. The van der Waals surface area contributed by atoms with Gasteiger partial charge in [-0.1, -0.05) is 30.7 Å². The molecule has 0 saturated heterocycles. The number of benzene rings is 1. The fourth-order valence-corrected chi connectivity index (χ4v) is 2.27. The summed E-state index contributed by atoms with van der Waals surface area (Å²) in [4.78, 5) is 0. The van der Waals surface area contributed by atoms with E-state index in [0.29, 0.717) is 5.92 Å². The van der Waals surface area contributed by atoms with Crippen molar-refractivity contribution >= 4 is 5.69 Å². The Bertz CT molecular complexity index is 460. The number of anilines is 1. The van der Waals surface area contributed by atoms with Crippen LogP contribution in [0.1, 0.15) is 20.3 Å². The summed E-state index contributed by atoms with van der Waals surface area (Å²) in [6, 6.07) is 6.57. The molecule has 17 heavy (non-hydrogen) atoms. The second-order valence-corrected chi connectivity index (χ2v) is 4.78. The smallest absolute Gasteiger partial charge is 0.125 e. The Labute approximate surface area is 102 Å². The molecule has 0 amide bonds. The Balaban J connectivity index is 1.99. The van der Waals surface area contributed by atoms with Crippen molar-refractivity contribution in [2.75, 3.05) is 11.9 Å². The van der Waals surface area contributed by atoms with E-state index in [2.05, 4.69) is 31.3 Å². The van der Waals surface area contributed by atoms with Crippen LogP contribution in [0.3, 0.4) is 0 Å². The second-order valence-electron chi connectivity index (χ2n) is 4.78. The summed E-state index contributed by atoms with van der Waals surface area (Å²) in [5.74, 6) is 0.400. The predicted molar refractivity (Wildman–Crippen MR) is 70.5 cm³/mol. The standard InChI is InChI=1S/C15H18FN/c1-11-6-12(2)8-13(7-11)10-17-15-5-3-4-14(16)9-15/h3-5,7-9,11,17H,6,10H2,1-2H3. The highest BCUT2D eigenvalue weighted by Crippen LogP contribution is 2.22. The lowest BCUT2D eigenvalue weighted by Crippen LogP contribution is -2.08. The fourth-order valence-electron chi connectivity index (χ4n) is 2.27. The summed E-state index contributed by atoms with van der Waals surface area (Å²) in [5.41, 5.74) is 3.52. The van der Waals surface area contributed by atoms with Crippen molar-refractivity contribution in [2.24, 2.45) is 5.92 Å². The van der Waals surface area contributed by atoms with Crippen molar-refractivity contribution in [3.63, 3.8) is 0 Å². The highest BCUT2D eigenvalue weighted by atomic mass is 19.1. The van der Waals surface area contributed by atoms with Crippen LogP contribution >= 0.6 is 0 Å². The van der Waals surface area contributed by atoms with E-state index in [0.717, 1.165) is 18.7 Å². The van der Waals surface area contributed by atoms with E-state index in [1.54, 1.807) is 6.07 Å². The lowest BCUT2D eigenvalue weighted by Gasteiger charge is -2.17. The molecule has 0 aliphatic heterocycles. The SMILES string of the molecule is CC1=CC(CNc2cccc(F)c2)=CC(C)C1. The van der Waals surface area contributed by atoms with Crippen LogP contribution in [-0.4, -0.2) is 6.54 Å². The molecule has 0 saturated carbocycles. The maximum Gasteiger partial charge on any atom is 0.125 e. The molecule has 0 heterocycles. The molecule has 1 aromatic rings. The lowest BCUT2D eigenvalue weighted by molar-refractivity contribution is 0.628. The van der Waals surface area contributed by atoms with E-state index in [1.165, 1.54) is 23.3 Å². The number of halogens is 1. The molecular formula is C15H18FN. The third kappa shape index (κ3) is 3.45. The summed E-state index contributed by atoms with van der Waals surface area (Å²) in [5, 5.41) is 3.24. The third-order valence-electron chi connectivity index (χ3n) is 2.90. The van der Waals surface area contributed by atoms with Crippen LogP contribution in [0.15, 0.2) is 47.6 Å².